The van der Waals surface area contributed by atoms with Crippen LogP contribution in [-0.2, 0) is 15.6 Å². The first-order chi connectivity index (χ1) is 8.82. The number of rotatable bonds is 2. The molecular formula is C11H14FN3O3S. The Bertz CT molecular complexity index is 632. The zero-order valence-corrected chi connectivity index (χ0v) is 11.1. The second kappa shape index (κ2) is 4.46. The molecule has 2 rings (SSSR count). The van der Waals surface area contributed by atoms with Crippen LogP contribution in [0.25, 0.3) is 0 Å². The van der Waals surface area contributed by atoms with Gasteiger partial charge >= 0.3 is 0 Å². The summed E-state index contributed by atoms with van der Waals surface area (Å²) in [7, 11) is -2.48. The van der Waals surface area contributed by atoms with E-state index in [1.165, 1.54) is 25.2 Å². The van der Waals surface area contributed by atoms with Gasteiger partial charge in [-0.25, -0.2) is 22.1 Å². The van der Waals surface area contributed by atoms with E-state index < -0.39 is 33.7 Å². The summed E-state index contributed by atoms with van der Waals surface area (Å²) in [4.78, 5) is 3.99. The predicted molar refractivity (Wildman–Crippen MR) is 68.3 cm³/mol. The van der Waals surface area contributed by atoms with Crippen LogP contribution in [0.15, 0.2) is 29.3 Å². The van der Waals surface area contributed by atoms with E-state index in [4.69, 9.17) is 5.73 Å². The second-order valence-corrected chi connectivity index (χ2v) is 6.36. The fraction of sp³-hybridized carbons (Fsp3) is 0.364. The minimum atomic E-state index is -3.74. The standard InChI is InChI=1S/C11H14FN3O3S/c1-15-10(13)14-11(6-16,7-19(15,17)18)8-4-2-3-5-9(8)12/h2-5,16H,6-7H2,1H3,(H2,13,14). The molecule has 1 aromatic carbocycles. The van der Waals surface area contributed by atoms with Crippen LogP contribution in [0, 0.1) is 5.82 Å². The lowest BCUT2D eigenvalue weighted by Gasteiger charge is -2.35. The minimum Gasteiger partial charge on any atom is -0.393 e. The molecule has 6 nitrogen and oxygen atoms in total. The Balaban J connectivity index is 2.66. The first kappa shape index (κ1) is 13.8. The van der Waals surface area contributed by atoms with E-state index in [1.54, 1.807) is 6.07 Å². The molecule has 1 unspecified atom stereocenters. The maximum Gasteiger partial charge on any atom is 0.240 e. The van der Waals surface area contributed by atoms with Crippen molar-refractivity contribution in [3.63, 3.8) is 0 Å². The number of halogens is 1. The van der Waals surface area contributed by atoms with Crippen LogP contribution in [-0.4, -0.2) is 43.2 Å². The topological polar surface area (TPSA) is 96.0 Å². The Morgan fingerprint density at radius 2 is 2.16 bits per heavy atom. The monoisotopic (exact) mass is 287 g/mol. The van der Waals surface area contributed by atoms with E-state index >= 15 is 0 Å². The van der Waals surface area contributed by atoms with Gasteiger partial charge < -0.3 is 10.8 Å². The molecule has 0 aliphatic carbocycles. The van der Waals surface area contributed by atoms with Gasteiger partial charge in [0.15, 0.2) is 0 Å². The Morgan fingerprint density at radius 1 is 1.53 bits per heavy atom. The largest absolute Gasteiger partial charge is 0.393 e. The molecular weight excluding hydrogens is 273 g/mol. The van der Waals surface area contributed by atoms with Gasteiger partial charge in [-0.3, -0.25) is 0 Å². The highest BCUT2D eigenvalue weighted by Crippen LogP contribution is 2.33. The summed E-state index contributed by atoms with van der Waals surface area (Å²) in [6, 6.07) is 5.60. The summed E-state index contributed by atoms with van der Waals surface area (Å²) < 4.78 is 38.6. The number of hydrogen-bond acceptors (Lipinski definition) is 5. The SMILES string of the molecule is CN1C(N)=NC(CO)(c2ccccc2F)CS1(=O)=O. The van der Waals surface area contributed by atoms with Crippen LogP contribution in [0.5, 0.6) is 0 Å². The maximum atomic E-state index is 13.9. The zero-order chi connectivity index (χ0) is 14.3. The van der Waals surface area contributed by atoms with Crippen molar-refractivity contribution in [1.29, 1.82) is 0 Å². The van der Waals surface area contributed by atoms with Gasteiger partial charge in [-0.2, -0.15) is 0 Å². The van der Waals surface area contributed by atoms with Crippen LogP contribution < -0.4 is 5.73 Å². The fourth-order valence-corrected chi connectivity index (χ4v) is 3.44. The van der Waals surface area contributed by atoms with Crippen LogP contribution in [0.3, 0.4) is 0 Å². The molecule has 0 saturated heterocycles. The third kappa shape index (κ3) is 2.17. The molecule has 1 aliphatic heterocycles. The van der Waals surface area contributed by atoms with Gasteiger partial charge in [0.2, 0.25) is 16.0 Å². The summed E-state index contributed by atoms with van der Waals surface area (Å²) in [5, 5.41) is 9.54. The molecule has 0 aromatic heterocycles. The summed E-state index contributed by atoms with van der Waals surface area (Å²) in [6.45, 7) is -0.651. The van der Waals surface area contributed by atoms with Crippen LogP contribution in [0.4, 0.5) is 4.39 Å². The van der Waals surface area contributed by atoms with Gasteiger partial charge in [0, 0.05) is 12.6 Å². The van der Waals surface area contributed by atoms with Crippen molar-refractivity contribution in [2.24, 2.45) is 10.7 Å². The third-order valence-corrected chi connectivity index (χ3v) is 4.99. The van der Waals surface area contributed by atoms with Crippen molar-refractivity contribution in [2.75, 3.05) is 19.4 Å². The number of nitrogens with zero attached hydrogens (tertiary/aromatic N) is 2. The van der Waals surface area contributed by atoms with Crippen molar-refractivity contribution >= 4 is 16.0 Å². The highest BCUT2D eigenvalue weighted by Gasteiger charge is 2.44. The van der Waals surface area contributed by atoms with Crippen molar-refractivity contribution in [1.82, 2.24) is 4.31 Å². The zero-order valence-electron chi connectivity index (χ0n) is 10.2. The van der Waals surface area contributed by atoms with E-state index in [0.29, 0.717) is 0 Å². The highest BCUT2D eigenvalue weighted by atomic mass is 32.2. The molecule has 1 aliphatic rings. The van der Waals surface area contributed by atoms with Crippen LogP contribution in [0.1, 0.15) is 5.56 Å². The molecule has 1 heterocycles. The highest BCUT2D eigenvalue weighted by molar-refractivity contribution is 7.89. The molecule has 19 heavy (non-hydrogen) atoms. The Labute approximate surface area is 110 Å². The molecule has 0 radical (unpaired) electrons. The summed E-state index contributed by atoms with van der Waals surface area (Å²) in [6.07, 6.45) is 0. The smallest absolute Gasteiger partial charge is 0.240 e. The summed E-state index contributed by atoms with van der Waals surface area (Å²) in [5.74, 6) is -1.44. The fourth-order valence-electron chi connectivity index (χ4n) is 2.01. The van der Waals surface area contributed by atoms with Gasteiger partial charge in [0.1, 0.15) is 17.1 Å². The van der Waals surface area contributed by atoms with Crippen LogP contribution in [0.2, 0.25) is 0 Å². The van der Waals surface area contributed by atoms with Crippen LogP contribution >= 0.6 is 0 Å². The van der Waals surface area contributed by atoms with Gasteiger partial charge in [-0.1, -0.05) is 18.2 Å². The van der Waals surface area contributed by atoms with Gasteiger partial charge in [-0.05, 0) is 6.07 Å². The molecule has 0 fully saturated rings. The van der Waals surface area contributed by atoms with E-state index in [1.807, 2.05) is 0 Å². The van der Waals surface area contributed by atoms with Crippen molar-refractivity contribution in [2.45, 2.75) is 5.54 Å². The second-order valence-electron chi connectivity index (χ2n) is 4.36. The van der Waals surface area contributed by atoms with E-state index in [0.717, 1.165) is 4.31 Å². The number of benzene rings is 1. The first-order valence-electron chi connectivity index (χ1n) is 5.50. The molecule has 104 valence electrons. The Kier molecular flexibility index (Phi) is 3.23. The van der Waals surface area contributed by atoms with Gasteiger partial charge in [0.25, 0.3) is 0 Å². The molecule has 1 aromatic rings. The maximum absolute atomic E-state index is 13.9. The minimum absolute atomic E-state index is 0.0112. The van der Waals surface area contributed by atoms with E-state index in [9.17, 15) is 17.9 Å². The molecule has 3 N–H and O–H groups in total. The lowest BCUT2D eigenvalue weighted by molar-refractivity contribution is 0.205. The Morgan fingerprint density at radius 3 is 2.68 bits per heavy atom. The molecule has 8 heteroatoms. The Hall–Kier alpha value is -1.67. The number of aliphatic hydroxyl groups is 1. The summed E-state index contributed by atoms with van der Waals surface area (Å²) >= 11 is 0. The number of aliphatic hydroxyl groups excluding tert-OH is 1. The van der Waals surface area contributed by atoms with Gasteiger partial charge in [0.05, 0.1) is 6.61 Å². The average Bonchev–Trinajstić information content (AvgIpc) is 2.35. The number of hydrogen-bond donors (Lipinski definition) is 2. The number of nitrogens with two attached hydrogens (primary N) is 1. The average molecular weight is 287 g/mol. The number of guanidine groups is 1. The van der Waals surface area contributed by atoms with Crippen molar-refractivity contribution in [3.8, 4) is 0 Å². The number of aliphatic imine (C=N–C) groups is 1. The van der Waals surface area contributed by atoms with Crippen molar-refractivity contribution in [3.05, 3.63) is 35.6 Å². The number of sulfonamides is 1. The lowest BCUT2D eigenvalue weighted by Crippen LogP contribution is -2.53. The van der Waals surface area contributed by atoms with Gasteiger partial charge in [-0.15, -0.1) is 0 Å². The normalized spacial score (nSPS) is 26.1. The van der Waals surface area contributed by atoms with Crippen molar-refractivity contribution < 1.29 is 17.9 Å². The molecule has 0 amide bonds. The molecule has 0 bridgehead atoms. The first-order valence-corrected chi connectivity index (χ1v) is 7.11. The van der Waals surface area contributed by atoms with E-state index in [-0.39, 0.29) is 11.5 Å². The van der Waals surface area contributed by atoms with E-state index in [2.05, 4.69) is 4.99 Å². The quantitative estimate of drug-likeness (QED) is 0.774. The molecule has 0 spiro atoms. The molecule has 1 atom stereocenters. The third-order valence-electron chi connectivity index (χ3n) is 3.13. The summed E-state index contributed by atoms with van der Waals surface area (Å²) in [5.41, 5.74) is 3.97. The predicted octanol–water partition coefficient (Wildman–Crippen LogP) is -0.397. The molecule has 0 saturated carbocycles. The lowest BCUT2D eigenvalue weighted by atomic mass is 9.93.